The third-order valence-corrected chi connectivity index (χ3v) is 5.51. The first-order valence-electron chi connectivity index (χ1n) is 9.48. The number of carbonyl (C=O) groups excluding carboxylic acids is 1. The van der Waals surface area contributed by atoms with Crippen LogP contribution < -0.4 is 10.9 Å². The van der Waals surface area contributed by atoms with Gasteiger partial charge in [-0.3, -0.25) is 14.3 Å². The first-order valence-corrected chi connectivity index (χ1v) is 9.48. The van der Waals surface area contributed by atoms with E-state index in [1.165, 1.54) is 0 Å². The molecule has 2 aromatic carbocycles. The van der Waals surface area contributed by atoms with Crippen LogP contribution in [0, 0.1) is 20.8 Å². The molecule has 6 heteroatoms. The van der Waals surface area contributed by atoms with Gasteiger partial charge in [0, 0.05) is 18.0 Å². The minimum Gasteiger partial charge on any atom is -0.464 e. The highest BCUT2D eigenvalue weighted by Gasteiger charge is 2.19. The van der Waals surface area contributed by atoms with Gasteiger partial charge < -0.3 is 9.73 Å². The van der Waals surface area contributed by atoms with Gasteiger partial charge in [0.2, 0.25) is 5.91 Å². The lowest BCUT2D eigenvalue weighted by molar-refractivity contribution is -0.115. The second-order valence-electron chi connectivity index (χ2n) is 7.31. The number of rotatable bonds is 4. The van der Waals surface area contributed by atoms with Gasteiger partial charge >= 0.3 is 0 Å². The van der Waals surface area contributed by atoms with Gasteiger partial charge in [0.25, 0.3) is 5.56 Å². The van der Waals surface area contributed by atoms with E-state index in [1.54, 1.807) is 22.7 Å². The van der Waals surface area contributed by atoms with Crippen LogP contribution in [-0.2, 0) is 18.3 Å². The molecule has 1 N–H and O–H groups in total. The molecule has 0 aliphatic rings. The molecule has 0 radical (unpaired) electrons. The van der Waals surface area contributed by atoms with Crippen LogP contribution in [0.2, 0.25) is 0 Å². The number of nitrogens with one attached hydrogen (secondary N) is 1. The Balaban J connectivity index is 1.63. The number of aryl methyl sites for hydroxylation is 2. The molecule has 0 saturated heterocycles. The SMILES string of the molecule is Cc1ccc2c(CC(=O)Nc3c(C)n(C)n(-c4ccccc4)c3=O)coc2c1C. The zero-order chi connectivity index (χ0) is 20.7. The minimum atomic E-state index is -0.256. The predicted octanol–water partition coefficient (Wildman–Crippen LogP) is 4.03. The zero-order valence-corrected chi connectivity index (χ0v) is 16.9. The Morgan fingerprint density at radius 3 is 2.52 bits per heavy atom. The summed E-state index contributed by atoms with van der Waals surface area (Å²) in [6, 6.07) is 13.3. The summed E-state index contributed by atoms with van der Waals surface area (Å²) in [4.78, 5) is 25.7. The number of nitrogens with zero attached hydrogens (tertiary/aromatic N) is 2. The lowest BCUT2D eigenvalue weighted by Gasteiger charge is -2.07. The lowest BCUT2D eigenvalue weighted by Crippen LogP contribution is -2.23. The van der Waals surface area contributed by atoms with E-state index in [0.717, 1.165) is 33.3 Å². The smallest absolute Gasteiger partial charge is 0.295 e. The lowest BCUT2D eigenvalue weighted by atomic mass is 10.0. The molecule has 148 valence electrons. The van der Waals surface area contributed by atoms with Gasteiger partial charge in [-0.25, -0.2) is 4.68 Å². The van der Waals surface area contributed by atoms with Crippen molar-refractivity contribution in [3.8, 4) is 5.69 Å². The summed E-state index contributed by atoms with van der Waals surface area (Å²) in [5.74, 6) is -0.253. The van der Waals surface area contributed by atoms with E-state index in [4.69, 9.17) is 4.42 Å². The van der Waals surface area contributed by atoms with Crippen molar-refractivity contribution < 1.29 is 9.21 Å². The highest BCUT2D eigenvalue weighted by atomic mass is 16.3. The number of anilines is 1. The summed E-state index contributed by atoms with van der Waals surface area (Å²) >= 11 is 0. The largest absolute Gasteiger partial charge is 0.464 e. The molecule has 2 heterocycles. The maximum absolute atomic E-state index is 13.0. The van der Waals surface area contributed by atoms with E-state index < -0.39 is 0 Å². The van der Waals surface area contributed by atoms with E-state index in [2.05, 4.69) is 5.32 Å². The third-order valence-electron chi connectivity index (χ3n) is 5.51. The molecule has 4 aromatic rings. The van der Waals surface area contributed by atoms with Crippen molar-refractivity contribution in [1.82, 2.24) is 9.36 Å². The van der Waals surface area contributed by atoms with Crippen molar-refractivity contribution in [2.45, 2.75) is 27.2 Å². The number of hydrogen-bond acceptors (Lipinski definition) is 3. The Morgan fingerprint density at radius 1 is 1.07 bits per heavy atom. The number of carbonyl (C=O) groups is 1. The van der Waals surface area contributed by atoms with Crippen LogP contribution in [0.15, 0.2) is 57.9 Å². The van der Waals surface area contributed by atoms with Gasteiger partial charge in [-0.2, -0.15) is 0 Å². The molecule has 0 spiro atoms. The Morgan fingerprint density at radius 2 is 1.79 bits per heavy atom. The number of hydrogen-bond donors (Lipinski definition) is 1. The molecule has 4 rings (SSSR count). The van der Waals surface area contributed by atoms with Crippen molar-refractivity contribution in [2.75, 3.05) is 5.32 Å². The Kier molecular flexibility index (Phi) is 4.62. The summed E-state index contributed by atoms with van der Waals surface area (Å²) in [6.45, 7) is 5.85. The molecule has 0 saturated carbocycles. The second-order valence-corrected chi connectivity index (χ2v) is 7.31. The molecular formula is C23H23N3O3. The molecule has 0 bridgehead atoms. The fourth-order valence-electron chi connectivity index (χ4n) is 3.59. The highest BCUT2D eigenvalue weighted by molar-refractivity contribution is 5.96. The van der Waals surface area contributed by atoms with E-state index in [0.29, 0.717) is 11.4 Å². The van der Waals surface area contributed by atoms with Crippen molar-refractivity contribution in [2.24, 2.45) is 7.05 Å². The van der Waals surface area contributed by atoms with Crippen molar-refractivity contribution in [3.05, 3.63) is 81.5 Å². The van der Waals surface area contributed by atoms with Gasteiger partial charge in [-0.05, 0) is 44.0 Å². The number of aromatic nitrogens is 2. The van der Waals surface area contributed by atoms with Crippen molar-refractivity contribution in [1.29, 1.82) is 0 Å². The number of para-hydroxylation sites is 1. The van der Waals surface area contributed by atoms with Crippen LogP contribution >= 0.6 is 0 Å². The van der Waals surface area contributed by atoms with E-state index in [9.17, 15) is 9.59 Å². The molecular weight excluding hydrogens is 366 g/mol. The van der Waals surface area contributed by atoms with Gasteiger partial charge in [0.1, 0.15) is 11.3 Å². The van der Waals surface area contributed by atoms with Gasteiger partial charge in [-0.1, -0.05) is 30.3 Å². The number of amides is 1. The maximum Gasteiger partial charge on any atom is 0.295 e. The molecule has 2 aromatic heterocycles. The van der Waals surface area contributed by atoms with E-state index in [1.807, 2.05) is 63.2 Å². The fraction of sp³-hybridized carbons (Fsp3) is 0.217. The summed E-state index contributed by atoms with van der Waals surface area (Å²) < 4.78 is 8.98. The van der Waals surface area contributed by atoms with Crippen LogP contribution in [-0.4, -0.2) is 15.3 Å². The number of benzene rings is 2. The molecule has 6 nitrogen and oxygen atoms in total. The average Bonchev–Trinajstić information content (AvgIpc) is 3.20. The molecule has 0 fully saturated rings. The number of fused-ring (bicyclic) bond motifs is 1. The second kappa shape index (κ2) is 7.13. The Hall–Kier alpha value is -3.54. The maximum atomic E-state index is 13.0. The Labute approximate surface area is 168 Å². The molecule has 0 unspecified atom stereocenters. The first kappa shape index (κ1) is 18.8. The summed E-state index contributed by atoms with van der Waals surface area (Å²) in [6.07, 6.45) is 1.76. The molecule has 0 atom stereocenters. The molecule has 29 heavy (non-hydrogen) atoms. The van der Waals surface area contributed by atoms with Crippen LogP contribution in [0.3, 0.4) is 0 Å². The van der Waals surface area contributed by atoms with Crippen LogP contribution in [0.4, 0.5) is 5.69 Å². The van der Waals surface area contributed by atoms with Crippen LogP contribution in [0.1, 0.15) is 22.4 Å². The van der Waals surface area contributed by atoms with Crippen LogP contribution in [0.5, 0.6) is 0 Å². The summed E-state index contributed by atoms with van der Waals surface area (Å²) in [5.41, 5.74) is 5.29. The molecule has 1 amide bonds. The zero-order valence-electron chi connectivity index (χ0n) is 16.9. The summed E-state index contributed by atoms with van der Waals surface area (Å²) in [7, 11) is 1.80. The monoisotopic (exact) mass is 389 g/mol. The van der Waals surface area contributed by atoms with Gasteiger partial charge in [0.05, 0.1) is 24.1 Å². The first-order chi connectivity index (χ1) is 13.9. The van der Waals surface area contributed by atoms with Gasteiger partial charge in [0.15, 0.2) is 0 Å². The van der Waals surface area contributed by atoms with Crippen molar-refractivity contribution in [3.63, 3.8) is 0 Å². The fourth-order valence-corrected chi connectivity index (χ4v) is 3.59. The Bertz CT molecular complexity index is 1280. The topological polar surface area (TPSA) is 69.2 Å². The predicted molar refractivity (Wildman–Crippen MR) is 114 cm³/mol. The van der Waals surface area contributed by atoms with Crippen molar-refractivity contribution >= 4 is 22.6 Å². The third kappa shape index (κ3) is 3.16. The summed E-state index contributed by atoms with van der Waals surface area (Å²) in [5, 5.41) is 3.73. The highest BCUT2D eigenvalue weighted by Crippen LogP contribution is 2.27. The minimum absolute atomic E-state index is 0.134. The average molecular weight is 389 g/mol. The van der Waals surface area contributed by atoms with Gasteiger partial charge in [-0.15, -0.1) is 0 Å². The number of furan rings is 1. The van der Waals surface area contributed by atoms with E-state index >= 15 is 0 Å². The van der Waals surface area contributed by atoms with E-state index in [-0.39, 0.29) is 17.9 Å². The normalized spacial score (nSPS) is 11.2. The molecule has 0 aliphatic carbocycles. The molecule has 0 aliphatic heterocycles. The standard InChI is InChI=1S/C23H23N3O3/c1-14-10-11-19-17(13-29-22(19)15(14)2)12-20(27)24-21-16(3)25(4)26(23(21)28)18-8-6-5-7-9-18/h5-11,13H,12H2,1-4H3,(H,24,27). The van der Waals surface area contributed by atoms with Crippen LogP contribution in [0.25, 0.3) is 16.7 Å². The quantitative estimate of drug-likeness (QED) is 0.573.